The van der Waals surface area contributed by atoms with Crippen LogP contribution in [0.4, 0.5) is 0 Å². The molecule has 0 fully saturated rings. The molecule has 0 radical (unpaired) electrons. The second kappa shape index (κ2) is 10.7. The van der Waals surface area contributed by atoms with Gasteiger partial charge in [0.1, 0.15) is 12.4 Å². The Morgan fingerprint density at radius 3 is 2.76 bits per heavy atom. The summed E-state index contributed by atoms with van der Waals surface area (Å²) in [5.74, 6) is 3.35. The molecule has 116 valence electrons. The van der Waals surface area contributed by atoms with Crippen LogP contribution in [0.5, 0.6) is 5.75 Å². The number of nitrogens with one attached hydrogen (secondary N) is 1. The van der Waals surface area contributed by atoms with E-state index in [1.165, 1.54) is 0 Å². The average molecular weight is 353 g/mol. The molecule has 0 aliphatic carbocycles. The van der Waals surface area contributed by atoms with Crippen molar-refractivity contribution in [2.45, 2.75) is 26.8 Å². The van der Waals surface area contributed by atoms with Crippen molar-refractivity contribution < 1.29 is 4.74 Å². The van der Waals surface area contributed by atoms with Gasteiger partial charge in [-0.15, -0.1) is 6.42 Å². The van der Waals surface area contributed by atoms with Crippen LogP contribution in [0.3, 0.4) is 0 Å². The van der Waals surface area contributed by atoms with Crippen molar-refractivity contribution in [1.82, 2.24) is 10.2 Å². The number of hydrogen-bond donors (Lipinski definition) is 1. The first-order chi connectivity index (χ1) is 10.2. The van der Waals surface area contributed by atoms with Crippen LogP contribution in [0.15, 0.2) is 22.7 Å². The Morgan fingerprint density at radius 1 is 1.33 bits per heavy atom. The SMILES string of the molecule is C#CCOc1ccc(Br)cc1CNCCCN(CC)CC. The van der Waals surface area contributed by atoms with Crippen molar-refractivity contribution in [3.05, 3.63) is 28.2 Å². The van der Waals surface area contributed by atoms with E-state index in [1.54, 1.807) is 0 Å². The second-order valence-corrected chi connectivity index (χ2v) is 5.72. The molecule has 0 saturated heterocycles. The Morgan fingerprint density at radius 2 is 2.10 bits per heavy atom. The van der Waals surface area contributed by atoms with Crippen molar-refractivity contribution in [3.63, 3.8) is 0 Å². The van der Waals surface area contributed by atoms with Gasteiger partial charge in [0, 0.05) is 16.6 Å². The highest BCUT2D eigenvalue weighted by atomic mass is 79.9. The number of nitrogens with zero attached hydrogens (tertiary/aromatic N) is 1. The molecule has 3 nitrogen and oxygen atoms in total. The number of hydrogen-bond acceptors (Lipinski definition) is 3. The molecule has 0 unspecified atom stereocenters. The van der Waals surface area contributed by atoms with Gasteiger partial charge in [0.2, 0.25) is 0 Å². The van der Waals surface area contributed by atoms with E-state index in [0.717, 1.165) is 54.9 Å². The van der Waals surface area contributed by atoms with Crippen molar-refractivity contribution in [1.29, 1.82) is 0 Å². The fourth-order valence-corrected chi connectivity index (χ4v) is 2.55. The summed E-state index contributed by atoms with van der Waals surface area (Å²) in [5, 5.41) is 3.47. The van der Waals surface area contributed by atoms with E-state index < -0.39 is 0 Å². The van der Waals surface area contributed by atoms with E-state index in [0.29, 0.717) is 6.61 Å². The maximum Gasteiger partial charge on any atom is 0.148 e. The number of rotatable bonds is 10. The average Bonchev–Trinajstić information content (AvgIpc) is 2.50. The van der Waals surface area contributed by atoms with E-state index in [9.17, 15) is 0 Å². The molecular weight excluding hydrogens is 328 g/mol. The quantitative estimate of drug-likeness (QED) is 0.516. The van der Waals surface area contributed by atoms with E-state index >= 15 is 0 Å². The molecule has 0 saturated carbocycles. The molecule has 0 spiro atoms. The third-order valence-corrected chi connectivity index (χ3v) is 3.86. The van der Waals surface area contributed by atoms with Gasteiger partial charge in [0.15, 0.2) is 0 Å². The Labute approximate surface area is 137 Å². The predicted molar refractivity (Wildman–Crippen MR) is 92.6 cm³/mol. The maximum absolute atomic E-state index is 5.57. The number of benzene rings is 1. The molecule has 1 aromatic rings. The summed E-state index contributed by atoms with van der Waals surface area (Å²) in [6, 6.07) is 5.99. The van der Waals surface area contributed by atoms with E-state index in [1.807, 2.05) is 12.1 Å². The summed E-state index contributed by atoms with van der Waals surface area (Å²) in [6.07, 6.45) is 6.40. The standard InChI is InChI=1S/C17H25BrN2O/c1-4-12-21-17-9-8-16(18)13-15(17)14-19-10-7-11-20(5-2)6-3/h1,8-9,13,19H,5-7,10-12,14H2,2-3H3. The Kier molecular flexibility index (Phi) is 9.16. The van der Waals surface area contributed by atoms with Gasteiger partial charge in [-0.2, -0.15) is 0 Å². The van der Waals surface area contributed by atoms with Gasteiger partial charge in [-0.25, -0.2) is 0 Å². The van der Waals surface area contributed by atoms with Crippen LogP contribution in [0, 0.1) is 12.3 Å². The zero-order valence-corrected chi connectivity index (χ0v) is 14.6. The summed E-state index contributed by atoms with van der Waals surface area (Å²) >= 11 is 3.49. The topological polar surface area (TPSA) is 24.5 Å². The smallest absolute Gasteiger partial charge is 0.148 e. The Bertz CT molecular complexity index is 453. The van der Waals surface area contributed by atoms with Gasteiger partial charge in [0.25, 0.3) is 0 Å². The van der Waals surface area contributed by atoms with Crippen LogP contribution in [-0.4, -0.2) is 37.7 Å². The lowest BCUT2D eigenvalue weighted by atomic mass is 10.2. The maximum atomic E-state index is 5.57. The van der Waals surface area contributed by atoms with Crippen LogP contribution < -0.4 is 10.1 Å². The minimum absolute atomic E-state index is 0.302. The number of ether oxygens (including phenoxy) is 1. The van der Waals surface area contributed by atoms with Gasteiger partial charge in [0.05, 0.1) is 0 Å². The highest BCUT2D eigenvalue weighted by molar-refractivity contribution is 9.10. The van der Waals surface area contributed by atoms with Crippen molar-refractivity contribution in [2.75, 3.05) is 32.8 Å². The Balaban J connectivity index is 2.40. The van der Waals surface area contributed by atoms with Crippen LogP contribution >= 0.6 is 15.9 Å². The molecule has 0 bridgehead atoms. The first-order valence-electron chi connectivity index (χ1n) is 7.49. The first-order valence-corrected chi connectivity index (χ1v) is 8.28. The third kappa shape index (κ3) is 6.99. The normalized spacial score (nSPS) is 10.6. The monoisotopic (exact) mass is 352 g/mol. The molecule has 0 aromatic heterocycles. The van der Waals surface area contributed by atoms with Gasteiger partial charge in [-0.05, 0) is 50.8 Å². The summed E-state index contributed by atoms with van der Waals surface area (Å²) in [5.41, 5.74) is 1.13. The Hall–Kier alpha value is -1.02. The molecule has 0 aliphatic rings. The predicted octanol–water partition coefficient (Wildman–Crippen LogP) is 3.28. The van der Waals surface area contributed by atoms with Crippen LogP contribution in [0.2, 0.25) is 0 Å². The lowest BCUT2D eigenvalue weighted by Crippen LogP contribution is -2.27. The van der Waals surface area contributed by atoms with Crippen LogP contribution in [0.1, 0.15) is 25.8 Å². The van der Waals surface area contributed by atoms with E-state index in [2.05, 4.69) is 52.0 Å². The van der Waals surface area contributed by atoms with Gasteiger partial charge in [-0.1, -0.05) is 35.7 Å². The molecule has 1 rings (SSSR count). The van der Waals surface area contributed by atoms with Crippen molar-refractivity contribution in [2.24, 2.45) is 0 Å². The second-order valence-electron chi connectivity index (χ2n) is 4.80. The zero-order chi connectivity index (χ0) is 15.5. The van der Waals surface area contributed by atoms with E-state index in [-0.39, 0.29) is 0 Å². The lowest BCUT2D eigenvalue weighted by molar-refractivity contribution is 0.297. The van der Waals surface area contributed by atoms with Gasteiger partial charge in [-0.3, -0.25) is 0 Å². The number of halogens is 1. The first kappa shape index (κ1) is 18.0. The van der Waals surface area contributed by atoms with Gasteiger partial charge >= 0.3 is 0 Å². The fourth-order valence-electron chi connectivity index (χ4n) is 2.14. The number of terminal acetylenes is 1. The highest BCUT2D eigenvalue weighted by Crippen LogP contribution is 2.23. The molecule has 0 aliphatic heterocycles. The summed E-state index contributed by atoms with van der Waals surface area (Å²) in [4.78, 5) is 2.43. The third-order valence-electron chi connectivity index (χ3n) is 3.37. The molecule has 1 aromatic carbocycles. The molecular formula is C17H25BrN2O. The lowest BCUT2D eigenvalue weighted by Gasteiger charge is -2.18. The minimum Gasteiger partial charge on any atom is -0.481 e. The molecule has 0 heterocycles. The van der Waals surface area contributed by atoms with Crippen molar-refractivity contribution >= 4 is 15.9 Å². The van der Waals surface area contributed by atoms with Crippen molar-refractivity contribution in [3.8, 4) is 18.1 Å². The highest BCUT2D eigenvalue weighted by Gasteiger charge is 2.04. The molecule has 21 heavy (non-hydrogen) atoms. The molecule has 0 atom stereocenters. The van der Waals surface area contributed by atoms with Crippen LogP contribution in [0.25, 0.3) is 0 Å². The van der Waals surface area contributed by atoms with Gasteiger partial charge < -0.3 is 15.0 Å². The summed E-state index contributed by atoms with van der Waals surface area (Å²) in [6.45, 7) is 9.87. The van der Waals surface area contributed by atoms with E-state index in [4.69, 9.17) is 11.2 Å². The summed E-state index contributed by atoms with van der Waals surface area (Å²) in [7, 11) is 0. The summed E-state index contributed by atoms with van der Waals surface area (Å²) < 4.78 is 6.62. The molecule has 4 heteroatoms. The van der Waals surface area contributed by atoms with Crippen LogP contribution in [-0.2, 0) is 6.54 Å². The largest absolute Gasteiger partial charge is 0.481 e. The fraction of sp³-hybridized carbons (Fsp3) is 0.529. The minimum atomic E-state index is 0.302. The zero-order valence-electron chi connectivity index (χ0n) is 13.0. The molecule has 1 N–H and O–H groups in total. The molecule has 0 amide bonds.